The van der Waals surface area contributed by atoms with Crippen LogP contribution in [0.2, 0.25) is 0 Å². The van der Waals surface area contributed by atoms with Crippen LogP contribution in [-0.2, 0) is 0 Å². The second kappa shape index (κ2) is 14.1. The highest BCUT2D eigenvalue weighted by Gasteiger charge is 2.15. The van der Waals surface area contributed by atoms with Crippen molar-refractivity contribution in [3.8, 4) is 11.8 Å². The van der Waals surface area contributed by atoms with Crippen LogP contribution in [0.5, 0.6) is 0 Å². The van der Waals surface area contributed by atoms with Gasteiger partial charge in [-0.15, -0.1) is 0 Å². The standard InChI is InChI=1S/C24H41NO/c1-5-8-11-12-13-22-18-21(4)14-15-24(26)23(19-22)20-25(16-9-6-2)17-10-7-3/h18-19,21,24,26H,5-13,16-17,20H2,1-4H3. The van der Waals surface area contributed by atoms with Gasteiger partial charge in [-0.1, -0.05) is 82.4 Å². The second-order valence-corrected chi connectivity index (χ2v) is 7.73. The maximum Gasteiger partial charge on any atom is 0.137 e. The van der Waals surface area contributed by atoms with E-state index >= 15 is 0 Å². The first-order valence-corrected chi connectivity index (χ1v) is 10.9. The number of allylic oxidation sites excluding steroid dienone is 3. The van der Waals surface area contributed by atoms with E-state index in [4.69, 9.17) is 0 Å². The first-order valence-electron chi connectivity index (χ1n) is 10.9. The number of nitrogens with zero attached hydrogens (tertiary/aromatic N) is 1. The molecular weight excluding hydrogens is 318 g/mol. The third kappa shape index (κ3) is 9.60. The molecule has 1 rings (SSSR count). The Hall–Kier alpha value is -1.04. The molecule has 0 aliphatic heterocycles. The Morgan fingerprint density at radius 3 is 2.19 bits per heavy atom. The van der Waals surface area contributed by atoms with Crippen LogP contribution in [0, 0.1) is 17.8 Å². The molecule has 2 nitrogen and oxygen atoms in total. The minimum absolute atomic E-state index is 0.222. The van der Waals surface area contributed by atoms with Crippen LogP contribution in [0.25, 0.3) is 0 Å². The number of rotatable bonds is 13. The fourth-order valence-electron chi connectivity index (χ4n) is 3.37. The minimum Gasteiger partial charge on any atom is -0.376 e. The smallest absolute Gasteiger partial charge is 0.137 e. The molecule has 148 valence electrons. The van der Waals surface area contributed by atoms with E-state index in [0.29, 0.717) is 0 Å². The van der Waals surface area contributed by atoms with Crippen molar-refractivity contribution in [1.29, 1.82) is 0 Å². The molecule has 0 spiro atoms. The lowest BCUT2D eigenvalue weighted by Gasteiger charge is -2.25. The monoisotopic (exact) mass is 359 g/mol. The van der Waals surface area contributed by atoms with Crippen LogP contribution in [0.15, 0.2) is 23.3 Å². The van der Waals surface area contributed by atoms with E-state index in [-0.39, 0.29) is 5.92 Å². The van der Waals surface area contributed by atoms with Crippen molar-refractivity contribution in [2.45, 2.75) is 91.6 Å². The van der Waals surface area contributed by atoms with Crippen LogP contribution in [0.4, 0.5) is 0 Å². The van der Waals surface area contributed by atoms with Crippen LogP contribution >= 0.6 is 0 Å². The lowest BCUT2D eigenvalue weighted by Crippen LogP contribution is -2.31. The topological polar surface area (TPSA) is 23.5 Å². The molecular formula is C24H41NO. The largest absolute Gasteiger partial charge is 0.376 e. The van der Waals surface area contributed by atoms with Gasteiger partial charge in [-0.25, -0.2) is 0 Å². The predicted molar refractivity (Wildman–Crippen MR) is 114 cm³/mol. The van der Waals surface area contributed by atoms with Gasteiger partial charge in [0.2, 0.25) is 0 Å². The normalized spacial score (nSPS) is 20.1. The quantitative estimate of drug-likeness (QED) is 0.335. The van der Waals surface area contributed by atoms with Crippen molar-refractivity contribution in [1.82, 2.24) is 4.90 Å². The van der Waals surface area contributed by atoms with Crippen molar-refractivity contribution in [3.63, 3.8) is 0 Å². The van der Waals surface area contributed by atoms with E-state index < -0.39 is 6.10 Å². The zero-order valence-corrected chi connectivity index (χ0v) is 17.7. The lowest BCUT2D eigenvalue weighted by atomic mass is 9.95. The average Bonchev–Trinajstić information content (AvgIpc) is 2.63. The highest BCUT2D eigenvalue weighted by atomic mass is 16.3. The summed E-state index contributed by atoms with van der Waals surface area (Å²) in [5, 5.41) is 10.6. The molecule has 0 radical (unpaired) electrons. The third-order valence-electron chi connectivity index (χ3n) is 5.01. The zero-order chi connectivity index (χ0) is 19.2. The van der Waals surface area contributed by atoms with Crippen molar-refractivity contribution in [3.05, 3.63) is 23.3 Å². The van der Waals surface area contributed by atoms with Gasteiger partial charge in [0.1, 0.15) is 6.10 Å². The molecule has 0 aromatic carbocycles. The van der Waals surface area contributed by atoms with Crippen LogP contribution < -0.4 is 0 Å². The zero-order valence-electron chi connectivity index (χ0n) is 17.7. The van der Waals surface area contributed by atoms with Gasteiger partial charge in [0, 0.05) is 12.5 Å². The molecule has 1 aliphatic rings. The van der Waals surface area contributed by atoms with E-state index in [1.54, 1.807) is 0 Å². The predicted octanol–water partition coefficient (Wildman–Crippen LogP) is 5.73. The summed E-state index contributed by atoms with van der Waals surface area (Å²) < 4.78 is 0. The number of unbranched alkanes of at least 4 members (excludes halogenated alkanes) is 5. The van der Waals surface area contributed by atoms with Crippen molar-refractivity contribution < 1.29 is 5.11 Å². The fourth-order valence-corrected chi connectivity index (χ4v) is 3.37. The molecule has 1 aliphatic carbocycles. The van der Waals surface area contributed by atoms with Gasteiger partial charge in [0.05, 0.1) is 0 Å². The number of aliphatic hydroxyl groups is 1. The molecule has 0 saturated heterocycles. The molecule has 0 heterocycles. The van der Waals surface area contributed by atoms with E-state index in [0.717, 1.165) is 31.6 Å². The van der Waals surface area contributed by atoms with Gasteiger partial charge in [0.25, 0.3) is 0 Å². The highest BCUT2D eigenvalue weighted by molar-refractivity contribution is 5.35. The molecule has 2 unspecified atom stereocenters. The van der Waals surface area contributed by atoms with E-state index in [1.165, 1.54) is 56.9 Å². The van der Waals surface area contributed by atoms with Crippen molar-refractivity contribution >= 4 is 0 Å². The van der Waals surface area contributed by atoms with Gasteiger partial charge in [-0.05, 0) is 51.3 Å². The van der Waals surface area contributed by atoms with Gasteiger partial charge in [0.15, 0.2) is 0 Å². The number of hydrogen-bond donors (Lipinski definition) is 1. The molecule has 0 fully saturated rings. The summed E-state index contributed by atoms with van der Waals surface area (Å²) in [6.07, 6.45) is 15.0. The molecule has 2 heteroatoms. The molecule has 0 bridgehead atoms. The van der Waals surface area contributed by atoms with E-state index in [9.17, 15) is 5.11 Å². The van der Waals surface area contributed by atoms with Gasteiger partial charge >= 0.3 is 0 Å². The molecule has 0 aromatic rings. The van der Waals surface area contributed by atoms with Crippen LogP contribution in [-0.4, -0.2) is 35.7 Å². The highest BCUT2D eigenvalue weighted by Crippen LogP contribution is 2.20. The maximum atomic E-state index is 10.6. The summed E-state index contributed by atoms with van der Waals surface area (Å²) in [6.45, 7) is 11.9. The van der Waals surface area contributed by atoms with Crippen LogP contribution in [0.1, 0.15) is 85.5 Å². The first kappa shape index (κ1) is 23.0. The van der Waals surface area contributed by atoms with Gasteiger partial charge in [-0.3, -0.25) is 4.90 Å². The van der Waals surface area contributed by atoms with Gasteiger partial charge < -0.3 is 5.11 Å². The minimum atomic E-state index is -0.623. The summed E-state index contributed by atoms with van der Waals surface area (Å²) >= 11 is 0. The Bertz CT molecular complexity index is 486. The molecule has 2 atom stereocenters. The third-order valence-corrected chi connectivity index (χ3v) is 5.01. The Morgan fingerprint density at radius 2 is 1.58 bits per heavy atom. The fraction of sp³-hybridized carbons (Fsp3) is 0.750. The number of aliphatic hydroxyl groups excluding tert-OH is 1. The second-order valence-electron chi connectivity index (χ2n) is 7.73. The van der Waals surface area contributed by atoms with Crippen molar-refractivity contribution in [2.24, 2.45) is 5.92 Å². The SMILES string of the molecule is CCCCCCC1=CC(C)C#CC(O)C(CN(CCCC)CCCC)=C1. The maximum absolute atomic E-state index is 10.6. The average molecular weight is 360 g/mol. The Labute approximate surface area is 162 Å². The molecule has 0 amide bonds. The summed E-state index contributed by atoms with van der Waals surface area (Å²) in [5.74, 6) is 6.51. The Morgan fingerprint density at radius 1 is 0.923 bits per heavy atom. The summed E-state index contributed by atoms with van der Waals surface area (Å²) in [7, 11) is 0. The molecule has 26 heavy (non-hydrogen) atoms. The number of hydrogen-bond acceptors (Lipinski definition) is 2. The molecule has 0 aromatic heterocycles. The van der Waals surface area contributed by atoms with Crippen molar-refractivity contribution in [2.75, 3.05) is 19.6 Å². The molecule has 0 saturated carbocycles. The Balaban J connectivity index is 2.85. The Kier molecular flexibility index (Phi) is 12.4. The van der Waals surface area contributed by atoms with Gasteiger partial charge in [-0.2, -0.15) is 0 Å². The van der Waals surface area contributed by atoms with E-state index in [1.807, 2.05) is 0 Å². The van der Waals surface area contributed by atoms with Crippen LogP contribution in [0.3, 0.4) is 0 Å². The summed E-state index contributed by atoms with van der Waals surface area (Å²) in [6, 6.07) is 0. The first-order chi connectivity index (χ1) is 12.6. The lowest BCUT2D eigenvalue weighted by molar-refractivity contribution is 0.230. The summed E-state index contributed by atoms with van der Waals surface area (Å²) in [4.78, 5) is 2.50. The molecule has 1 N–H and O–H groups in total. The summed E-state index contributed by atoms with van der Waals surface area (Å²) in [5.41, 5.74) is 2.45. The van der Waals surface area contributed by atoms with E-state index in [2.05, 4.69) is 56.6 Å².